The van der Waals surface area contributed by atoms with Crippen molar-refractivity contribution in [2.24, 2.45) is 5.41 Å². The summed E-state index contributed by atoms with van der Waals surface area (Å²) in [6.45, 7) is 5.29. The van der Waals surface area contributed by atoms with Gasteiger partial charge in [-0.15, -0.1) is 6.42 Å². The van der Waals surface area contributed by atoms with Crippen LogP contribution in [-0.2, 0) is 9.53 Å². The number of anilines is 1. The molecular weight excluding hydrogens is 306 g/mol. The molecule has 1 amide bonds. The smallest absolute Gasteiger partial charge is 0.341 e. The SMILES string of the molecule is C#CCOc1cc(NC(=O)C(C)(C)C)c(Cl)cc1C(=O)OC. The number of rotatable bonds is 4. The first kappa shape index (κ1) is 17.9. The minimum Gasteiger partial charge on any atom is -0.480 e. The van der Waals surface area contributed by atoms with Gasteiger partial charge in [-0.3, -0.25) is 4.79 Å². The first-order valence-corrected chi connectivity index (χ1v) is 6.88. The van der Waals surface area contributed by atoms with E-state index in [-0.39, 0.29) is 28.8 Å². The van der Waals surface area contributed by atoms with E-state index in [0.29, 0.717) is 5.69 Å². The third kappa shape index (κ3) is 4.40. The van der Waals surface area contributed by atoms with Gasteiger partial charge in [0.15, 0.2) is 0 Å². The minimum atomic E-state index is -0.609. The van der Waals surface area contributed by atoms with Gasteiger partial charge in [0, 0.05) is 11.5 Å². The van der Waals surface area contributed by atoms with E-state index in [1.807, 2.05) is 0 Å². The number of halogens is 1. The standard InChI is InChI=1S/C16H18ClNO4/c1-6-7-22-13-9-12(18-15(20)16(2,3)4)11(17)8-10(13)14(19)21-5/h1,8-9H,7H2,2-5H3,(H,18,20). The van der Waals surface area contributed by atoms with Crippen LogP contribution in [0.15, 0.2) is 12.1 Å². The van der Waals surface area contributed by atoms with Crippen LogP contribution >= 0.6 is 11.6 Å². The maximum atomic E-state index is 12.1. The molecule has 0 saturated heterocycles. The summed E-state index contributed by atoms with van der Waals surface area (Å²) >= 11 is 6.11. The molecule has 0 unspecified atom stereocenters. The van der Waals surface area contributed by atoms with Gasteiger partial charge in [-0.05, 0) is 6.07 Å². The number of hydrogen-bond donors (Lipinski definition) is 1. The molecule has 0 aliphatic heterocycles. The predicted octanol–water partition coefficient (Wildman–Crippen LogP) is 3.12. The number of hydrogen-bond acceptors (Lipinski definition) is 4. The van der Waals surface area contributed by atoms with Gasteiger partial charge < -0.3 is 14.8 Å². The summed E-state index contributed by atoms with van der Waals surface area (Å²) in [6.07, 6.45) is 5.15. The number of ether oxygens (including phenoxy) is 2. The molecule has 0 aliphatic rings. The van der Waals surface area contributed by atoms with Crippen molar-refractivity contribution in [3.63, 3.8) is 0 Å². The summed E-state index contributed by atoms with van der Waals surface area (Å²) in [7, 11) is 1.25. The Morgan fingerprint density at radius 3 is 2.50 bits per heavy atom. The molecule has 0 radical (unpaired) electrons. The molecule has 0 heterocycles. The Hall–Kier alpha value is -2.19. The van der Waals surface area contributed by atoms with E-state index < -0.39 is 11.4 Å². The highest BCUT2D eigenvalue weighted by molar-refractivity contribution is 6.34. The Morgan fingerprint density at radius 2 is 2.00 bits per heavy atom. The van der Waals surface area contributed by atoms with E-state index in [1.54, 1.807) is 20.8 Å². The van der Waals surface area contributed by atoms with Crippen molar-refractivity contribution in [1.29, 1.82) is 0 Å². The molecule has 1 aromatic rings. The minimum absolute atomic E-state index is 0.0295. The van der Waals surface area contributed by atoms with Crippen LogP contribution in [0.1, 0.15) is 31.1 Å². The third-order valence-electron chi connectivity index (χ3n) is 2.71. The molecule has 0 aromatic heterocycles. The van der Waals surface area contributed by atoms with Crippen molar-refractivity contribution >= 4 is 29.2 Å². The first-order valence-electron chi connectivity index (χ1n) is 6.50. The predicted molar refractivity (Wildman–Crippen MR) is 85.2 cm³/mol. The fourth-order valence-corrected chi connectivity index (χ4v) is 1.68. The lowest BCUT2D eigenvalue weighted by atomic mass is 9.95. The summed E-state index contributed by atoms with van der Waals surface area (Å²) in [6, 6.07) is 2.83. The lowest BCUT2D eigenvalue weighted by Crippen LogP contribution is -2.27. The quantitative estimate of drug-likeness (QED) is 0.683. The Morgan fingerprint density at radius 1 is 1.36 bits per heavy atom. The van der Waals surface area contributed by atoms with Gasteiger partial charge in [0.25, 0.3) is 0 Å². The summed E-state index contributed by atoms with van der Waals surface area (Å²) in [5.74, 6) is 1.67. The van der Waals surface area contributed by atoms with E-state index in [4.69, 9.17) is 22.8 Å². The molecular formula is C16H18ClNO4. The Bertz CT molecular complexity index is 626. The highest BCUT2D eigenvalue weighted by Crippen LogP contribution is 2.32. The van der Waals surface area contributed by atoms with Gasteiger partial charge in [0.2, 0.25) is 5.91 Å². The first-order chi connectivity index (χ1) is 10.2. The van der Waals surface area contributed by atoms with E-state index in [2.05, 4.69) is 16.0 Å². The largest absolute Gasteiger partial charge is 0.480 e. The van der Waals surface area contributed by atoms with Crippen LogP contribution in [0.25, 0.3) is 0 Å². The number of nitrogens with one attached hydrogen (secondary N) is 1. The topological polar surface area (TPSA) is 64.6 Å². The second-order valence-electron chi connectivity index (χ2n) is 5.52. The van der Waals surface area contributed by atoms with Crippen LogP contribution in [0.3, 0.4) is 0 Å². The van der Waals surface area contributed by atoms with Crippen LogP contribution in [0.2, 0.25) is 5.02 Å². The van der Waals surface area contributed by atoms with E-state index >= 15 is 0 Å². The zero-order valence-corrected chi connectivity index (χ0v) is 13.7. The second kappa shape index (κ2) is 7.19. The van der Waals surface area contributed by atoms with Crippen molar-refractivity contribution in [2.45, 2.75) is 20.8 Å². The van der Waals surface area contributed by atoms with Crippen LogP contribution in [0, 0.1) is 17.8 Å². The van der Waals surface area contributed by atoms with Gasteiger partial charge in [-0.1, -0.05) is 38.3 Å². The average Bonchev–Trinajstić information content (AvgIpc) is 2.45. The molecule has 0 aliphatic carbocycles. The lowest BCUT2D eigenvalue weighted by Gasteiger charge is -2.19. The maximum absolute atomic E-state index is 12.1. The van der Waals surface area contributed by atoms with Gasteiger partial charge in [-0.25, -0.2) is 4.79 Å². The van der Waals surface area contributed by atoms with Crippen molar-refractivity contribution in [3.8, 4) is 18.1 Å². The number of methoxy groups -OCH3 is 1. The molecule has 118 valence electrons. The van der Waals surface area contributed by atoms with Crippen molar-refractivity contribution < 1.29 is 19.1 Å². The van der Waals surface area contributed by atoms with Crippen molar-refractivity contribution in [1.82, 2.24) is 0 Å². The molecule has 1 N–H and O–H groups in total. The monoisotopic (exact) mass is 323 g/mol. The summed E-state index contributed by atoms with van der Waals surface area (Å²) in [5.41, 5.74) is -0.123. The number of esters is 1. The number of carbonyl (C=O) groups excluding carboxylic acids is 2. The third-order valence-corrected chi connectivity index (χ3v) is 3.03. The van der Waals surface area contributed by atoms with E-state index in [0.717, 1.165) is 0 Å². The maximum Gasteiger partial charge on any atom is 0.341 e. The van der Waals surface area contributed by atoms with Crippen LogP contribution in [0.4, 0.5) is 5.69 Å². The Kier molecular flexibility index (Phi) is 5.84. The van der Waals surface area contributed by atoms with Crippen molar-refractivity contribution in [3.05, 3.63) is 22.7 Å². The molecule has 22 heavy (non-hydrogen) atoms. The van der Waals surface area contributed by atoms with Crippen LogP contribution in [0.5, 0.6) is 5.75 Å². The highest BCUT2D eigenvalue weighted by atomic mass is 35.5. The fourth-order valence-electron chi connectivity index (χ4n) is 1.47. The molecule has 6 heteroatoms. The Balaban J connectivity index is 3.23. The molecule has 0 spiro atoms. The normalized spacial score (nSPS) is 10.5. The number of amides is 1. The van der Waals surface area contributed by atoms with Gasteiger partial charge >= 0.3 is 5.97 Å². The van der Waals surface area contributed by atoms with Crippen LogP contribution in [-0.4, -0.2) is 25.6 Å². The van der Waals surface area contributed by atoms with E-state index in [1.165, 1.54) is 19.2 Å². The van der Waals surface area contributed by atoms with Crippen LogP contribution < -0.4 is 10.1 Å². The average molecular weight is 324 g/mol. The highest BCUT2D eigenvalue weighted by Gasteiger charge is 2.23. The summed E-state index contributed by atoms with van der Waals surface area (Å²) < 4.78 is 10.00. The second-order valence-corrected chi connectivity index (χ2v) is 5.92. The summed E-state index contributed by atoms with van der Waals surface area (Å²) in [5, 5.41) is 2.90. The van der Waals surface area contributed by atoms with Crippen molar-refractivity contribution in [2.75, 3.05) is 19.0 Å². The zero-order valence-electron chi connectivity index (χ0n) is 13.0. The zero-order chi connectivity index (χ0) is 16.9. The van der Waals surface area contributed by atoms with Gasteiger partial charge in [0.1, 0.15) is 17.9 Å². The lowest BCUT2D eigenvalue weighted by molar-refractivity contribution is -0.123. The Labute approximate surface area is 134 Å². The summed E-state index contributed by atoms with van der Waals surface area (Å²) in [4.78, 5) is 23.8. The number of benzene rings is 1. The molecule has 0 saturated carbocycles. The number of carbonyl (C=O) groups is 2. The molecule has 5 nitrogen and oxygen atoms in total. The number of terminal acetylenes is 1. The molecule has 0 fully saturated rings. The van der Waals surface area contributed by atoms with Gasteiger partial charge in [-0.2, -0.15) is 0 Å². The molecule has 0 bridgehead atoms. The molecule has 1 rings (SSSR count). The van der Waals surface area contributed by atoms with E-state index in [9.17, 15) is 9.59 Å². The van der Waals surface area contributed by atoms with Gasteiger partial charge in [0.05, 0.1) is 17.8 Å². The fraction of sp³-hybridized carbons (Fsp3) is 0.375. The molecule has 1 aromatic carbocycles. The molecule has 0 atom stereocenters.